The zero-order chi connectivity index (χ0) is 17.4. The Balaban J connectivity index is 1.59. The second kappa shape index (κ2) is 5.97. The van der Waals surface area contributed by atoms with E-state index in [-0.39, 0.29) is 12.7 Å². The van der Waals surface area contributed by atoms with Gasteiger partial charge in [0.05, 0.1) is 23.7 Å². The van der Waals surface area contributed by atoms with E-state index in [1.807, 2.05) is 31.4 Å². The molecule has 1 aromatic carbocycles. The van der Waals surface area contributed by atoms with Crippen molar-refractivity contribution in [1.29, 1.82) is 0 Å². The van der Waals surface area contributed by atoms with Crippen LogP contribution in [-0.4, -0.2) is 44.6 Å². The van der Waals surface area contributed by atoms with Gasteiger partial charge in [-0.2, -0.15) is 10.2 Å². The first-order chi connectivity index (χ1) is 12.1. The van der Waals surface area contributed by atoms with E-state index in [1.165, 1.54) is 0 Å². The number of carbonyl (C=O) groups is 1. The standard InChI is InChI=1S/C17H17N5O3/c1-21(8-11-6-19-22(2)9-11)17(23)13-7-18-20-16(13)12-3-4-14-15(5-12)25-10-24-14/h3-7,9H,8,10H2,1-2H3,(H,18,20). The molecular formula is C17H17N5O3. The number of rotatable bonds is 4. The SMILES string of the molecule is CN(Cc1cnn(C)c1)C(=O)c1cn[nH]c1-c1ccc2c(c1)OCO2. The van der Waals surface area contributed by atoms with Crippen LogP contribution in [0.15, 0.2) is 36.8 Å². The van der Waals surface area contributed by atoms with Gasteiger partial charge >= 0.3 is 0 Å². The average Bonchev–Trinajstić information content (AvgIpc) is 3.33. The highest BCUT2D eigenvalue weighted by Gasteiger charge is 2.21. The molecule has 1 aliphatic rings. The van der Waals surface area contributed by atoms with Crippen LogP contribution in [0.5, 0.6) is 11.5 Å². The minimum Gasteiger partial charge on any atom is -0.454 e. The molecule has 0 bridgehead atoms. The number of carbonyl (C=O) groups excluding carboxylic acids is 1. The monoisotopic (exact) mass is 339 g/mol. The summed E-state index contributed by atoms with van der Waals surface area (Å²) in [7, 11) is 3.60. The van der Waals surface area contributed by atoms with Crippen LogP contribution in [0.4, 0.5) is 0 Å². The molecule has 1 N–H and O–H groups in total. The van der Waals surface area contributed by atoms with Crippen LogP contribution in [0, 0.1) is 0 Å². The zero-order valence-corrected chi connectivity index (χ0v) is 13.9. The maximum atomic E-state index is 12.8. The number of amides is 1. The fourth-order valence-electron chi connectivity index (χ4n) is 2.83. The Bertz CT molecular complexity index is 930. The van der Waals surface area contributed by atoms with E-state index < -0.39 is 0 Å². The largest absolute Gasteiger partial charge is 0.454 e. The molecule has 0 radical (unpaired) electrons. The average molecular weight is 339 g/mol. The number of fused-ring (bicyclic) bond motifs is 1. The van der Waals surface area contributed by atoms with Gasteiger partial charge < -0.3 is 14.4 Å². The minimum atomic E-state index is -0.120. The summed E-state index contributed by atoms with van der Waals surface area (Å²) in [5, 5.41) is 11.1. The number of benzene rings is 1. The summed E-state index contributed by atoms with van der Waals surface area (Å²) in [6.45, 7) is 0.680. The van der Waals surface area contributed by atoms with E-state index in [9.17, 15) is 4.79 Å². The van der Waals surface area contributed by atoms with Gasteiger partial charge in [-0.25, -0.2) is 0 Å². The Morgan fingerprint density at radius 3 is 2.96 bits per heavy atom. The quantitative estimate of drug-likeness (QED) is 0.783. The van der Waals surface area contributed by atoms with Crippen molar-refractivity contribution in [1.82, 2.24) is 24.9 Å². The van der Waals surface area contributed by atoms with Crippen molar-refractivity contribution in [2.45, 2.75) is 6.54 Å². The van der Waals surface area contributed by atoms with Crippen LogP contribution >= 0.6 is 0 Å². The Morgan fingerprint density at radius 1 is 1.32 bits per heavy atom. The molecule has 1 amide bonds. The first-order valence-corrected chi connectivity index (χ1v) is 7.78. The Kier molecular flexibility index (Phi) is 3.64. The van der Waals surface area contributed by atoms with Gasteiger partial charge in [0.15, 0.2) is 11.5 Å². The Hall–Kier alpha value is -3.29. The van der Waals surface area contributed by atoms with E-state index in [4.69, 9.17) is 9.47 Å². The molecule has 0 atom stereocenters. The number of hydrogen-bond donors (Lipinski definition) is 1. The fraction of sp³-hybridized carbons (Fsp3) is 0.235. The maximum absolute atomic E-state index is 12.8. The maximum Gasteiger partial charge on any atom is 0.257 e. The predicted molar refractivity (Wildman–Crippen MR) is 89.2 cm³/mol. The van der Waals surface area contributed by atoms with Gasteiger partial charge in [-0.3, -0.25) is 14.6 Å². The van der Waals surface area contributed by atoms with Crippen LogP contribution in [0.25, 0.3) is 11.3 Å². The second-order valence-electron chi connectivity index (χ2n) is 5.91. The van der Waals surface area contributed by atoms with Crippen LogP contribution in [0.3, 0.4) is 0 Å². The molecule has 3 aromatic rings. The van der Waals surface area contributed by atoms with Gasteiger partial charge in [0, 0.05) is 38.0 Å². The van der Waals surface area contributed by atoms with E-state index in [0.717, 1.165) is 11.1 Å². The number of aryl methyl sites for hydroxylation is 1. The molecule has 0 aliphatic carbocycles. The topological polar surface area (TPSA) is 85.3 Å². The van der Waals surface area contributed by atoms with Crippen molar-refractivity contribution in [3.63, 3.8) is 0 Å². The third kappa shape index (κ3) is 2.82. The molecule has 0 saturated heterocycles. The number of hydrogen-bond acceptors (Lipinski definition) is 5. The molecule has 0 unspecified atom stereocenters. The number of aromatic nitrogens is 4. The lowest BCUT2D eigenvalue weighted by molar-refractivity contribution is 0.0786. The van der Waals surface area contributed by atoms with E-state index >= 15 is 0 Å². The second-order valence-corrected chi connectivity index (χ2v) is 5.91. The van der Waals surface area contributed by atoms with Crippen molar-refractivity contribution in [2.24, 2.45) is 7.05 Å². The van der Waals surface area contributed by atoms with Crippen molar-refractivity contribution < 1.29 is 14.3 Å². The highest BCUT2D eigenvalue weighted by molar-refractivity contribution is 5.99. The summed E-state index contributed by atoms with van der Waals surface area (Å²) < 4.78 is 12.4. The molecule has 0 spiro atoms. The summed E-state index contributed by atoms with van der Waals surface area (Å²) in [5.74, 6) is 1.24. The van der Waals surface area contributed by atoms with Gasteiger partial charge in [-0.1, -0.05) is 0 Å². The summed E-state index contributed by atoms with van der Waals surface area (Å²) in [5.41, 5.74) is 2.94. The number of nitrogens with one attached hydrogen (secondary N) is 1. The van der Waals surface area contributed by atoms with Crippen molar-refractivity contribution in [2.75, 3.05) is 13.8 Å². The summed E-state index contributed by atoms with van der Waals surface area (Å²) in [6.07, 6.45) is 5.18. The summed E-state index contributed by atoms with van der Waals surface area (Å²) >= 11 is 0. The lowest BCUT2D eigenvalue weighted by Crippen LogP contribution is -2.26. The molecule has 8 heteroatoms. The minimum absolute atomic E-state index is 0.120. The highest BCUT2D eigenvalue weighted by atomic mass is 16.7. The number of nitrogens with zero attached hydrogens (tertiary/aromatic N) is 4. The molecular weight excluding hydrogens is 322 g/mol. The highest BCUT2D eigenvalue weighted by Crippen LogP contribution is 2.36. The molecule has 4 rings (SSSR count). The van der Waals surface area contributed by atoms with Crippen molar-refractivity contribution >= 4 is 5.91 Å². The van der Waals surface area contributed by atoms with Crippen LogP contribution in [-0.2, 0) is 13.6 Å². The first kappa shape index (κ1) is 15.3. The fourth-order valence-corrected chi connectivity index (χ4v) is 2.83. The Morgan fingerprint density at radius 2 is 2.16 bits per heavy atom. The molecule has 25 heavy (non-hydrogen) atoms. The van der Waals surface area contributed by atoms with Crippen molar-refractivity contribution in [3.05, 3.63) is 47.9 Å². The third-order valence-electron chi connectivity index (χ3n) is 4.06. The lowest BCUT2D eigenvalue weighted by Gasteiger charge is -2.16. The smallest absolute Gasteiger partial charge is 0.257 e. The predicted octanol–water partition coefficient (Wildman–Crippen LogP) is 1.81. The van der Waals surface area contributed by atoms with Gasteiger partial charge in [0.1, 0.15) is 0 Å². The van der Waals surface area contributed by atoms with Crippen molar-refractivity contribution in [3.8, 4) is 22.8 Å². The number of H-pyrrole nitrogens is 1. The van der Waals surface area contributed by atoms with Gasteiger partial charge in [0.2, 0.25) is 6.79 Å². The number of aromatic amines is 1. The van der Waals surface area contributed by atoms with E-state index in [2.05, 4.69) is 15.3 Å². The van der Waals surface area contributed by atoms with Crippen LogP contribution in [0.2, 0.25) is 0 Å². The zero-order valence-electron chi connectivity index (χ0n) is 13.9. The van der Waals surface area contributed by atoms with Gasteiger partial charge in [-0.05, 0) is 18.2 Å². The van der Waals surface area contributed by atoms with Crippen LogP contribution < -0.4 is 9.47 Å². The molecule has 2 aromatic heterocycles. The van der Waals surface area contributed by atoms with Gasteiger partial charge in [0.25, 0.3) is 5.91 Å². The van der Waals surface area contributed by atoms with E-state index in [1.54, 1.807) is 29.0 Å². The van der Waals surface area contributed by atoms with E-state index in [0.29, 0.717) is 29.3 Å². The molecule has 8 nitrogen and oxygen atoms in total. The molecule has 1 aliphatic heterocycles. The summed E-state index contributed by atoms with van der Waals surface area (Å²) in [4.78, 5) is 14.5. The number of ether oxygens (including phenoxy) is 2. The first-order valence-electron chi connectivity index (χ1n) is 7.78. The van der Waals surface area contributed by atoms with Gasteiger partial charge in [-0.15, -0.1) is 0 Å². The molecule has 0 fully saturated rings. The Labute approximate surface area is 144 Å². The molecule has 3 heterocycles. The normalized spacial score (nSPS) is 12.4. The third-order valence-corrected chi connectivity index (χ3v) is 4.06. The molecule has 0 saturated carbocycles. The van der Waals surface area contributed by atoms with Crippen LogP contribution in [0.1, 0.15) is 15.9 Å². The summed E-state index contributed by atoms with van der Waals surface area (Å²) in [6, 6.07) is 5.54. The molecule has 128 valence electrons. The lowest BCUT2D eigenvalue weighted by atomic mass is 10.1.